The van der Waals surface area contributed by atoms with E-state index < -0.39 is 0 Å². The van der Waals surface area contributed by atoms with Crippen LogP contribution in [0.25, 0.3) is 0 Å². The molecule has 0 bridgehead atoms. The first kappa shape index (κ1) is 14.1. The average Bonchev–Trinajstić information content (AvgIpc) is 2.78. The molecule has 0 atom stereocenters. The first-order chi connectivity index (χ1) is 8.97. The number of anilines is 2. The van der Waals surface area contributed by atoms with E-state index in [2.05, 4.69) is 28.2 Å². The van der Waals surface area contributed by atoms with E-state index in [1.807, 2.05) is 49.3 Å². The van der Waals surface area contributed by atoms with Gasteiger partial charge < -0.3 is 10.2 Å². The van der Waals surface area contributed by atoms with Gasteiger partial charge in [0.25, 0.3) is 5.91 Å². The Balaban J connectivity index is 2.20. The number of carbonyl (C=O) groups is 1. The summed E-state index contributed by atoms with van der Waals surface area (Å²) in [5, 5.41) is 2.92. The molecular formula is C14H15BrN2OS. The molecule has 0 fully saturated rings. The largest absolute Gasteiger partial charge is 0.377 e. The summed E-state index contributed by atoms with van der Waals surface area (Å²) in [6.07, 6.45) is 0. The molecule has 0 unspecified atom stereocenters. The summed E-state index contributed by atoms with van der Waals surface area (Å²) in [6, 6.07) is 9.60. The predicted octanol–water partition coefficient (Wildman–Crippen LogP) is 4.14. The second kappa shape index (κ2) is 5.75. The molecule has 2 aromatic rings. The van der Waals surface area contributed by atoms with E-state index in [0.29, 0.717) is 4.88 Å². The molecule has 0 radical (unpaired) electrons. The van der Waals surface area contributed by atoms with Gasteiger partial charge in [0.2, 0.25) is 0 Å². The second-order valence-corrected chi connectivity index (χ2v) is 6.92. The lowest BCUT2D eigenvalue weighted by Gasteiger charge is -2.17. The molecule has 3 nitrogen and oxygen atoms in total. The maximum Gasteiger partial charge on any atom is 0.265 e. The predicted molar refractivity (Wildman–Crippen MR) is 85.5 cm³/mol. The first-order valence-electron chi connectivity index (χ1n) is 5.82. The molecule has 1 aromatic heterocycles. The number of carbonyl (C=O) groups excluding carboxylic acids is 1. The minimum absolute atomic E-state index is 0.0794. The molecule has 0 aliphatic carbocycles. The topological polar surface area (TPSA) is 32.3 Å². The van der Waals surface area contributed by atoms with Gasteiger partial charge in [-0.3, -0.25) is 4.79 Å². The molecule has 1 heterocycles. The van der Waals surface area contributed by atoms with Crippen molar-refractivity contribution >= 4 is 44.5 Å². The van der Waals surface area contributed by atoms with Crippen molar-refractivity contribution in [1.29, 1.82) is 0 Å². The van der Waals surface area contributed by atoms with Crippen molar-refractivity contribution in [3.05, 3.63) is 44.6 Å². The number of aryl methyl sites for hydroxylation is 1. The van der Waals surface area contributed by atoms with Gasteiger partial charge in [0.15, 0.2) is 0 Å². The molecule has 100 valence electrons. The number of thiophene rings is 1. The zero-order chi connectivity index (χ0) is 14.0. The molecule has 0 aliphatic heterocycles. The van der Waals surface area contributed by atoms with E-state index in [1.165, 1.54) is 16.9 Å². The fraction of sp³-hybridized carbons (Fsp3) is 0.214. The molecule has 1 aromatic carbocycles. The molecule has 1 N–H and O–H groups in total. The van der Waals surface area contributed by atoms with Gasteiger partial charge in [-0.05, 0) is 52.7 Å². The van der Waals surface area contributed by atoms with Crippen molar-refractivity contribution in [3.63, 3.8) is 0 Å². The van der Waals surface area contributed by atoms with E-state index in [0.717, 1.165) is 15.2 Å². The molecule has 0 aliphatic rings. The molecule has 0 saturated carbocycles. The van der Waals surface area contributed by atoms with Gasteiger partial charge in [-0.15, -0.1) is 11.3 Å². The Morgan fingerprint density at radius 1 is 1.26 bits per heavy atom. The maximum atomic E-state index is 12.1. The third-order valence-electron chi connectivity index (χ3n) is 2.75. The Hall–Kier alpha value is -1.33. The summed E-state index contributed by atoms with van der Waals surface area (Å²) < 4.78 is 0.954. The quantitative estimate of drug-likeness (QED) is 0.912. The zero-order valence-corrected chi connectivity index (χ0v) is 13.4. The standard InChI is InChI=1S/C14H15BrN2OS/c1-9-4-5-10(8-11(9)17(2)3)16-14(18)12-6-7-13(15)19-12/h4-8H,1-3H3,(H,16,18). The fourth-order valence-corrected chi connectivity index (χ4v) is 3.08. The fourth-order valence-electron chi connectivity index (χ4n) is 1.80. The lowest BCUT2D eigenvalue weighted by atomic mass is 10.1. The van der Waals surface area contributed by atoms with Crippen molar-refractivity contribution < 1.29 is 4.79 Å². The van der Waals surface area contributed by atoms with Gasteiger partial charge in [0.05, 0.1) is 8.66 Å². The number of hydrogen-bond acceptors (Lipinski definition) is 3. The van der Waals surface area contributed by atoms with Crippen LogP contribution in [0, 0.1) is 6.92 Å². The van der Waals surface area contributed by atoms with Gasteiger partial charge in [0.1, 0.15) is 0 Å². The van der Waals surface area contributed by atoms with Crippen LogP contribution in [0.3, 0.4) is 0 Å². The Kier molecular flexibility index (Phi) is 4.27. The Morgan fingerprint density at radius 3 is 2.58 bits per heavy atom. The highest BCUT2D eigenvalue weighted by molar-refractivity contribution is 9.11. The van der Waals surface area contributed by atoms with Crippen molar-refractivity contribution in [2.24, 2.45) is 0 Å². The van der Waals surface area contributed by atoms with Crippen LogP contribution in [-0.2, 0) is 0 Å². The van der Waals surface area contributed by atoms with Crippen LogP contribution in [0.2, 0.25) is 0 Å². The highest BCUT2D eigenvalue weighted by Gasteiger charge is 2.10. The first-order valence-corrected chi connectivity index (χ1v) is 7.43. The summed E-state index contributed by atoms with van der Waals surface area (Å²) in [7, 11) is 3.98. The number of amides is 1. The lowest BCUT2D eigenvalue weighted by Crippen LogP contribution is -2.13. The highest BCUT2D eigenvalue weighted by Crippen LogP contribution is 2.25. The number of nitrogens with zero attached hydrogens (tertiary/aromatic N) is 1. The van der Waals surface area contributed by atoms with Crippen LogP contribution < -0.4 is 10.2 Å². The minimum atomic E-state index is -0.0794. The van der Waals surface area contributed by atoms with Crippen LogP contribution >= 0.6 is 27.3 Å². The maximum absolute atomic E-state index is 12.1. The lowest BCUT2D eigenvalue weighted by molar-refractivity contribution is 0.103. The SMILES string of the molecule is Cc1ccc(NC(=O)c2ccc(Br)s2)cc1N(C)C. The van der Waals surface area contributed by atoms with Crippen molar-refractivity contribution in [3.8, 4) is 0 Å². The third-order valence-corrected chi connectivity index (χ3v) is 4.37. The summed E-state index contributed by atoms with van der Waals surface area (Å²) in [6.45, 7) is 2.05. The summed E-state index contributed by atoms with van der Waals surface area (Å²) in [5.74, 6) is -0.0794. The minimum Gasteiger partial charge on any atom is -0.377 e. The van der Waals surface area contributed by atoms with E-state index in [1.54, 1.807) is 0 Å². The van der Waals surface area contributed by atoms with Crippen LogP contribution in [0.15, 0.2) is 34.1 Å². The number of hydrogen-bond donors (Lipinski definition) is 1. The molecule has 1 amide bonds. The average molecular weight is 339 g/mol. The molecule has 5 heteroatoms. The van der Waals surface area contributed by atoms with Crippen LogP contribution in [-0.4, -0.2) is 20.0 Å². The number of rotatable bonds is 3. The summed E-state index contributed by atoms with van der Waals surface area (Å²) in [5.41, 5.74) is 3.09. The van der Waals surface area contributed by atoms with Gasteiger partial charge in [-0.25, -0.2) is 0 Å². The number of halogens is 1. The van der Waals surface area contributed by atoms with Crippen LogP contribution in [0.1, 0.15) is 15.2 Å². The monoisotopic (exact) mass is 338 g/mol. The zero-order valence-electron chi connectivity index (χ0n) is 11.0. The van der Waals surface area contributed by atoms with Crippen molar-refractivity contribution in [2.75, 3.05) is 24.3 Å². The Morgan fingerprint density at radius 2 is 2.00 bits per heavy atom. The Labute approximate surface area is 125 Å². The third kappa shape index (κ3) is 3.36. The van der Waals surface area contributed by atoms with Gasteiger partial charge in [0, 0.05) is 25.5 Å². The smallest absolute Gasteiger partial charge is 0.265 e. The second-order valence-electron chi connectivity index (χ2n) is 4.45. The van der Waals surface area contributed by atoms with Crippen molar-refractivity contribution in [2.45, 2.75) is 6.92 Å². The highest BCUT2D eigenvalue weighted by atomic mass is 79.9. The van der Waals surface area contributed by atoms with Crippen molar-refractivity contribution in [1.82, 2.24) is 0 Å². The van der Waals surface area contributed by atoms with Gasteiger partial charge in [-0.1, -0.05) is 6.07 Å². The van der Waals surface area contributed by atoms with E-state index in [9.17, 15) is 4.79 Å². The summed E-state index contributed by atoms with van der Waals surface area (Å²) >= 11 is 4.78. The van der Waals surface area contributed by atoms with E-state index in [-0.39, 0.29) is 5.91 Å². The molecule has 2 rings (SSSR count). The van der Waals surface area contributed by atoms with Crippen LogP contribution in [0.5, 0.6) is 0 Å². The van der Waals surface area contributed by atoms with Gasteiger partial charge >= 0.3 is 0 Å². The Bertz CT molecular complexity index is 607. The normalized spacial score (nSPS) is 10.3. The number of benzene rings is 1. The van der Waals surface area contributed by atoms with E-state index >= 15 is 0 Å². The van der Waals surface area contributed by atoms with Crippen LogP contribution in [0.4, 0.5) is 11.4 Å². The molecule has 0 spiro atoms. The molecule has 0 saturated heterocycles. The molecule has 19 heavy (non-hydrogen) atoms. The number of nitrogens with one attached hydrogen (secondary N) is 1. The molecular weight excluding hydrogens is 324 g/mol. The van der Waals surface area contributed by atoms with E-state index in [4.69, 9.17) is 0 Å². The van der Waals surface area contributed by atoms with Gasteiger partial charge in [-0.2, -0.15) is 0 Å². The summed E-state index contributed by atoms with van der Waals surface area (Å²) in [4.78, 5) is 14.8.